The van der Waals surface area contributed by atoms with Crippen LogP contribution in [-0.2, 0) is 35.3 Å². The second-order valence-electron chi connectivity index (χ2n) is 12.7. The summed E-state index contributed by atoms with van der Waals surface area (Å²) in [6.07, 6.45) is 5.55. The van der Waals surface area contributed by atoms with Crippen LogP contribution in [0.15, 0.2) is 48.9 Å². The Labute approximate surface area is 285 Å². The molecule has 1 heterocycles. The van der Waals surface area contributed by atoms with Crippen molar-refractivity contribution < 1.29 is 28.7 Å². The van der Waals surface area contributed by atoms with E-state index in [-0.39, 0.29) is 36.0 Å². The van der Waals surface area contributed by atoms with Crippen LogP contribution in [0.1, 0.15) is 57.9 Å². The lowest BCUT2D eigenvalue weighted by Crippen LogP contribution is -2.54. The maximum atomic E-state index is 13.4. The minimum absolute atomic E-state index is 0.199. The Kier molecular flexibility index (Phi) is 17.4. The van der Waals surface area contributed by atoms with Crippen LogP contribution in [0.4, 0.5) is 5.69 Å². The summed E-state index contributed by atoms with van der Waals surface area (Å²) in [6.45, 7) is 10.7. The van der Waals surface area contributed by atoms with E-state index < -0.39 is 18.0 Å². The lowest BCUT2D eigenvalue weighted by Gasteiger charge is -2.25. The topological polar surface area (TPSA) is 152 Å². The number of likely N-dealkylation sites (N-methyl/N-ethyl adjacent to an activating group) is 2. The number of anilines is 1. The van der Waals surface area contributed by atoms with Gasteiger partial charge in [0.15, 0.2) is 5.88 Å². The van der Waals surface area contributed by atoms with Crippen LogP contribution in [0.5, 0.6) is 0 Å². The van der Waals surface area contributed by atoms with Crippen LogP contribution in [0.25, 0.3) is 0 Å². The lowest BCUT2D eigenvalue weighted by molar-refractivity contribution is -0.137. The first-order chi connectivity index (χ1) is 22.8. The fourth-order valence-electron chi connectivity index (χ4n) is 4.84. The van der Waals surface area contributed by atoms with Gasteiger partial charge in [-0.1, -0.05) is 32.4 Å². The van der Waals surface area contributed by atoms with Gasteiger partial charge in [0.2, 0.25) is 17.7 Å². The summed E-state index contributed by atoms with van der Waals surface area (Å²) < 4.78 is 5.82. The predicted octanol–water partition coefficient (Wildman–Crippen LogP) is 2.22. The summed E-state index contributed by atoms with van der Waals surface area (Å²) in [6, 6.07) is 5.68. The van der Waals surface area contributed by atoms with Gasteiger partial charge in [-0.25, -0.2) is 0 Å². The van der Waals surface area contributed by atoms with E-state index in [9.17, 15) is 24.0 Å². The molecule has 1 aromatic carbocycles. The number of imide groups is 1. The standard InChI is InChI=1S/C35H55N7O6/c1-25(2)33(39-30(43)13-9-8-10-21-42-31(44)18-19-32(42)45)35(47)38-29(12-11-20-36-4)34(46)37-28-16-14-27(15-17-28)24-48-26(3)41(7)23-22-40(5)6/h14-19,25,29,33,36H,3,8-13,20-24H2,1-2,4-7H3,(H,37,46)(H,38,47)(H,39,43). The molecule has 0 aliphatic carbocycles. The monoisotopic (exact) mass is 669 g/mol. The molecule has 0 saturated carbocycles. The Balaban J connectivity index is 1.89. The Hall–Kier alpha value is -4.23. The van der Waals surface area contributed by atoms with Gasteiger partial charge in [-0.3, -0.25) is 28.9 Å². The summed E-state index contributed by atoms with van der Waals surface area (Å²) in [5, 5.41) is 11.7. The molecule has 1 aliphatic heterocycles. The van der Waals surface area contributed by atoms with Gasteiger partial charge >= 0.3 is 0 Å². The number of hydrogen-bond acceptors (Lipinski definition) is 9. The molecule has 5 amide bonds. The van der Waals surface area contributed by atoms with Crippen molar-refractivity contribution in [3.8, 4) is 0 Å². The highest BCUT2D eigenvalue weighted by Crippen LogP contribution is 2.15. The van der Waals surface area contributed by atoms with Gasteiger partial charge in [0.1, 0.15) is 18.7 Å². The van der Waals surface area contributed by atoms with Crippen LogP contribution in [0, 0.1) is 5.92 Å². The van der Waals surface area contributed by atoms with E-state index in [1.807, 2.05) is 59.1 Å². The molecule has 0 saturated heterocycles. The lowest BCUT2D eigenvalue weighted by atomic mass is 10.0. The van der Waals surface area contributed by atoms with Crippen molar-refractivity contribution in [1.82, 2.24) is 30.7 Å². The van der Waals surface area contributed by atoms with Crippen LogP contribution in [0.2, 0.25) is 0 Å². The van der Waals surface area contributed by atoms with Crippen LogP contribution >= 0.6 is 0 Å². The molecule has 266 valence electrons. The molecule has 0 radical (unpaired) electrons. The van der Waals surface area contributed by atoms with E-state index >= 15 is 0 Å². The molecule has 2 atom stereocenters. The second-order valence-corrected chi connectivity index (χ2v) is 12.7. The first kappa shape index (κ1) is 39.9. The zero-order valence-corrected chi connectivity index (χ0v) is 29.5. The number of ether oxygens (including phenoxy) is 1. The Morgan fingerprint density at radius 2 is 1.56 bits per heavy atom. The van der Waals surface area contributed by atoms with Crippen molar-refractivity contribution >= 4 is 35.2 Å². The van der Waals surface area contributed by atoms with Gasteiger partial charge in [-0.15, -0.1) is 0 Å². The summed E-state index contributed by atoms with van der Waals surface area (Å²) in [5.41, 5.74) is 1.50. The maximum absolute atomic E-state index is 13.4. The van der Waals surface area contributed by atoms with Gasteiger partial charge < -0.3 is 35.8 Å². The normalized spacial score (nSPS) is 13.9. The number of hydrogen-bond donors (Lipinski definition) is 4. The molecule has 13 heteroatoms. The molecule has 4 N–H and O–H groups in total. The molecular formula is C35H55N7O6. The van der Waals surface area contributed by atoms with Crippen molar-refractivity contribution in [3.05, 3.63) is 54.4 Å². The maximum Gasteiger partial charge on any atom is 0.253 e. The summed E-state index contributed by atoms with van der Waals surface area (Å²) in [4.78, 5) is 68.0. The van der Waals surface area contributed by atoms with E-state index in [2.05, 4.69) is 32.7 Å². The van der Waals surface area contributed by atoms with E-state index in [0.29, 0.717) is 63.4 Å². The third-order valence-corrected chi connectivity index (χ3v) is 7.94. The van der Waals surface area contributed by atoms with Crippen molar-refractivity contribution in [2.75, 3.05) is 59.7 Å². The van der Waals surface area contributed by atoms with E-state index in [1.54, 1.807) is 12.1 Å². The number of amides is 5. The summed E-state index contributed by atoms with van der Waals surface area (Å²) >= 11 is 0. The molecule has 2 rings (SSSR count). The average molecular weight is 670 g/mol. The quantitative estimate of drug-likeness (QED) is 0.0781. The fourth-order valence-corrected chi connectivity index (χ4v) is 4.84. The number of nitrogens with one attached hydrogen (secondary N) is 4. The average Bonchev–Trinajstić information content (AvgIpc) is 3.37. The number of unbranched alkanes of at least 4 members (excludes halogenated alkanes) is 2. The van der Waals surface area contributed by atoms with Crippen molar-refractivity contribution in [3.63, 3.8) is 0 Å². The Bertz CT molecular complexity index is 1250. The Morgan fingerprint density at radius 1 is 0.896 bits per heavy atom. The molecular weight excluding hydrogens is 614 g/mol. The highest BCUT2D eigenvalue weighted by atomic mass is 16.5. The number of benzene rings is 1. The number of nitrogens with zero attached hydrogens (tertiary/aromatic N) is 3. The third kappa shape index (κ3) is 14.3. The van der Waals surface area contributed by atoms with Crippen molar-refractivity contribution in [1.29, 1.82) is 0 Å². The molecule has 0 aromatic heterocycles. The molecule has 13 nitrogen and oxygen atoms in total. The van der Waals surface area contributed by atoms with Gasteiger partial charge in [-0.2, -0.15) is 0 Å². The highest BCUT2D eigenvalue weighted by molar-refractivity contribution is 6.12. The number of rotatable bonds is 23. The molecule has 48 heavy (non-hydrogen) atoms. The first-order valence-electron chi connectivity index (χ1n) is 16.7. The smallest absolute Gasteiger partial charge is 0.253 e. The van der Waals surface area contributed by atoms with Crippen LogP contribution < -0.4 is 21.3 Å². The number of carbonyl (C=O) groups is 5. The fraction of sp³-hybridized carbons (Fsp3) is 0.571. The van der Waals surface area contributed by atoms with Gasteiger partial charge in [-0.05, 0) is 83.6 Å². The first-order valence-corrected chi connectivity index (χ1v) is 16.7. The van der Waals surface area contributed by atoms with Crippen molar-refractivity contribution in [2.45, 2.75) is 71.1 Å². The molecule has 1 aromatic rings. The second kappa shape index (κ2) is 20.9. The van der Waals surface area contributed by atoms with Crippen molar-refractivity contribution in [2.24, 2.45) is 5.92 Å². The van der Waals surface area contributed by atoms with Crippen LogP contribution in [0.3, 0.4) is 0 Å². The van der Waals surface area contributed by atoms with Gasteiger partial charge in [0.25, 0.3) is 11.8 Å². The number of carbonyl (C=O) groups excluding carboxylic acids is 5. The highest BCUT2D eigenvalue weighted by Gasteiger charge is 2.29. The van der Waals surface area contributed by atoms with Gasteiger partial charge in [0, 0.05) is 50.9 Å². The summed E-state index contributed by atoms with van der Waals surface area (Å²) in [7, 11) is 7.78. The van der Waals surface area contributed by atoms with E-state index in [0.717, 1.165) is 18.7 Å². The molecule has 2 unspecified atom stereocenters. The molecule has 0 spiro atoms. The summed E-state index contributed by atoms with van der Waals surface area (Å²) in [5.74, 6) is -1.32. The predicted molar refractivity (Wildman–Crippen MR) is 186 cm³/mol. The Morgan fingerprint density at radius 3 is 2.17 bits per heavy atom. The molecule has 1 aliphatic rings. The SMILES string of the molecule is C=C(OCc1ccc(NC(=O)C(CCCNC)NC(=O)C(NC(=O)CCCCCN2C(=O)C=CC2=O)C(C)C)cc1)N(C)CCN(C)C. The third-order valence-electron chi connectivity index (χ3n) is 7.94. The zero-order chi connectivity index (χ0) is 35.6. The molecule has 0 bridgehead atoms. The molecule has 0 fully saturated rings. The minimum atomic E-state index is -0.820. The minimum Gasteiger partial charge on any atom is -0.475 e. The largest absolute Gasteiger partial charge is 0.475 e. The van der Waals surface area contributed by atoms with E-state index in [4.69, 9.17) is 4.74 Å². The zero-order valence-electron chi connectivity index (χ0n) is 29.5. The van der Waals surface area contributed by atoms with E-state index in [1.165, 1.54) is 17.1 Å². The van der Waals surface area contributed by atoms with Gasteiger partial charge in [0.05, 0.1) is 0 Å². The van der Waals surface area contributed by atoms with Crippen LogP contribution in [-0.4, -0.2) is 111 Å².